The Morgan fingerprint density at radius 3 is 2.04 bits per heavy atom. The fraction of sp³-hybridized carbons (Fsp3) is 0.400. The highest BCUT2D eigenvalue weighted by Gasteiger charge is 2.65. The van der Waals surface area contributed by atoms with Crippen molar-refractivity contribution in [2.45, 2.75) is 44.4 Å². The lowest BCUT2D eigenvalue weighted by atomic mass is 9.98. The van der Waals surface area contributed by atoms with Gasteiger partial charge < -0.3 is 9.84 Å². The zero-order valence-electron chi connectivity index (χ0n) is 14.2. The average molecular weight is 428 g/mol. The van der Waals surface area contributed by atoms with Crippen molar-refractivity contribution in [2.75, 3.05) is 0 Å². The predicted octanol–water partition coefficient (Wildman–Crippen LogP) is 6.72. The second kappa shape index (κ2) is 6.28. The number of benzene rings is 1. The Labute approximate surface area is 149 Å². The third kappa shape index (κ3) is 5.05. The molecule has 0 aromatic heterocycles. The van der Waals surface area contributed by atoms with Crippen molar-refractivity contribution < 1.29 is 47.2 Å². The van der Waals surface area contributed by atoms with E-state index in [1.165, 1.54) is 6.92 Å². The molecule has 1 aromatic rings. The van der Waals surface area contributed by atoms with Gasteiger partial charge in [0.2, 0.25) is 6.10 Å². The minimum Gasteiger partial charge on any atom is -0.478 e. The molecule has 1 heterocycles. The molecule has 0 radical (unpaired) electrons. The van der Waals surface area contributed by atoms with Crippen LogP contribution in [0.3, 0.4) is 0 Å². The number of carbonyl (C=O) groups is 1. The third-order valence-corrected chi connectivity index (χ3v) is 4.49. The molecule has 3 nitrogen and oxygen atoms in total. The van der Waals surface area contributed by atoms with Crippen LogP contribution in [0.25, 0.3) is 6.08 Å². The lowest BCUT2D eigenvalue weighted by Gasteiger charge is -2.41. The SMILES string of the molecule is CC.CCc1cc(S(F)(F)(F)(F)F)cc2c1OC(C(F)(F)F)C(C(=O)O)=C2. The molecular formula is C15H16F8O3S. The lowest BCUT2D eigenvalue weighted by Crippen LogP contribution is -2.40. The van der Waals surface area contributed by atoms with Crippen LogP contribution in [0.4, 0.5) is 32.6 Å². The van der Waals surface area contributed by atoms with Gasteiger partial charge in [0.05, 0.1) is 5.57 Å². The molecule has 1 unspecified atom stereocenters. The molecule has 0 saturated heterocycles. The fourth-order valence-corrected chi connectivity index (χ4v) is 2.98. The molecule has 0 fully saturated rings. The first-order valence-corrected chi connectivity index (χ1v) is 9.48. The van der Waals surface area contributed by atoms with Crippen molar-refractivity contribution in [1.29, 1.82) is 0 Å². The summed E-state index contributed by atoms with van der Waals surface area (Å²) in [6.07, 6.45) is -8.16. The van der Waals surface area contributed by atoms with Gasteiger partial charge in [0, 0.05) is 5.56 Å². The van der Waals surface area contributed by atoms with Gasteiger partial charge >= 0.3 is 22.4 Å². The minimum atomic E-state index is -10.1. The first-order valence-electron chi connectivity index (χ1n) is 7.53. The van der Waals surface area contributed by atoms with Crippen molar-refractivity contribution in [2.24, 2.45) is 0 Å². The van der Waals surface area contributed by atoms with Crippen molar-refractivity contribution in [3.05, 3.63) is 28.8 Å². The van der Waals surface area contributed by atoms with Crippen LogP contribution in [0.15, 0.2) is 22.6 Å². The molecule has 156 valence electrons. The number of carboxylic acid groups (broad SMARTS) is 1. The van der Waals surface area contributed by atoms with Crippen LogP contribution in [-0.4, -0.2) is 23.4 Å². The summed E-state index contributed by atoms with van der Waals surface area (Å²) in [4.78, 5) is 8.64. The second-order valence-electron chi connectivity index (χ2n) is 5.27. The van der Waals surface area contributed by atoms with E-state index < -0.39 is 55.8 Å². The molecule has 1 aliphatic rings. The Kier molecular flexibility index (Phi) is 5.36. The molecule has 1 aromatic carbocycles. The van der Waals surface area contributed by atoms with E-state index in [1.54, 1.807) is 0 Å². The number of hydrogen-bond donors (Lipinski definition) is 1. The van der Waals surface area contributed by atoms with Gasteiger partial charge in [0.25, 0.3) is 0 Å². The summed E-state index contributed by atoms with van der Waals surface area (Å²) in [5, 5.41) is 8.84. The summed E-state index contributed by atoms with van der Waals surface area (Å²) >= 11 is 0. The van der Waals surface area contributed by atoms with Gasteiger partial charge in [0.15, 0.2) is 0 Å². The van der Waals surface area contributed by atoms with Gasteiger partial charge in [0.1, 0.15) is 10.6 Å². The lowest BCUT2D eigenvalue weighted by molar-refractivity contribution is -0.187. The number of aliphatic carboxylic acids is 1. The summed E-state index contributed by atoms with van der Waals surface area (Å²) in [6, 6.07) is -0.0843. The van der Waals surface area contributed by atoms with Crippen LogP contribution in [0.1, 0.15) is 31.9 Å². The molecule has 0 amide bonds. The first-order chi connectivity index (χ1) is 11.9. The zero-order chi connectivity index (χ0) is 21.5. The van der Waals surface area contributed by atoms with Crippen molar-refractivity contribution >= 4 is 22.3 Å². The summed E-state index contributed by atoms with van der Waals surface area (Å²) in [7, 11) is -10.1. The Balaban J connectivity index is 0.00000176. The van der Waals surface area contributed by atoms with E-state index in [4.69, 9.17) is 5.11 Å². The molecule has 12 heteroatoms. The number of alkyl halides is 3. The van der Waals surface area contributed by atoms with Crippen LogP contribution in [0.5, 0.6) is 5.75 Å². The number of fused-ring (bicyclic) bond motifs is 1. The highest BCUT2D eigenvalue weighted by Crippen LogP contribution is 3.02. The van der Waals surface area contributed by atoms with Crippen LogP contribution in [0, 0.1) is 0 Å². The van der Waals surface area contributed by atoms with E-state index in [2.05, 4.69) is 4.74 Å². The van der Waals surface area contributed by atoms with Gasteiger partial charge in [-0.1, -0.05) is 40.2 Å². The molecule has 2 rings (SSSR count). The monoisotopic (exact) mass is 428 g/mol. The topological polar surface area (TPSA) is 46.5 Å². The molecule has 1 N–H and O–H groups in total. The fourth-order valence-electron chi connectivity index (χ4n) is 2.26. The van der Waals surface area contributed by atoms with Crippen LogP contribution >= 0.6 is 10.2 Å². The number of hydrogen-bond acceptors (Lipinski definition) is 2. The van der Waals surface area contributed by atoms with E-state index in [-0.39, 0.29) is 24.6 Å². The quantitative estimate of drug-likeness (QED) is 0.544. The standard InChI is InChI=1S/C13H10F8O3S.C2H6/c1-2-6-3-8(25(17,18,19,20)21)4-7-5-9(12(22)23)11(13(14,15)16)24-10(6)7;1-2/h3-5,11H,2H2,1H3,(H,22,23);1-2H3. The zero-order valence-corrected chi connectivity index (χ0v) is 15.0. The molecule has 0 spiro atoms. The van der Waals surface area contributed by atoms with E-state index in [1.807, 2.05) is 13.8 Å². The maximum Gasteiger partial charge on any atom is 0.430 e. The van der Waals surface area contributed by atoms with Crippen LogP contribution < -0.4 is 4.74 Å². The third-order valence-electron chi connectivity index (χ3n) is 3.37. The highest BCUT2D eigenvalue weighted by molar-refractivity contribution is 8.45. The summed E-state index contributed by atoms with van der Waals surface area (Å²) < 4.78 is 108. The van der Waals surface area contributed by atoms with Gasteiger partial charge in [-0.3, -0.25) is 0 Å². The Morgan fingerprint density at radius 2 is 1.67 bits per heavy atom. The number of ether oxygens (including phenoxy) is 1. The molecule has 1 aliphatic heterocycles. The maximum atomic E-state index is 13.0. The van der Waals surface area contributed by atoms with E-state index >= 15 is 0 Å². The smallest absolute Gasteiger partial charge is 0.430 e. The van der Waals surface area contributed by atoms with Gasteiger partial charge in [-0.2, -0.15) is 13.2 Å². The van der Waals surface area contributed by atoms with E-state index in [9.17, 15) is 37.4 Å². The first kappa shape index (κ1) is 23.1. The highest BCUT2D eigenvalue weighted by atomic mass is 32.5. The minimum absolute atomic E-state index is 0.0213. The Morgan fingerprint density at radius 1 is 1.15 bits per heavy atom. The van der Waals surface area contributed by atoms with Crippen molar-refractivity contribution in [3.63, 3.8) is 0 Å². The van der Waals surface area contributed by atoms with Gasteiger partial charge in [-0.05, 0) is 30.2 Å². The predicted molar refractivity (Wildman–Crippen MR) is 84.6 cm³/mol. The maximum absolute atomic E-state index is 13.0. The Hall–Kier alpha value is -1.98. The van der Waals surface area contributed by atoms with E-state index in [0.29, 0.717) is 0 Å². The second-order valence-corrected chi connectivity index (χ2v) is 7.68. The summed E-state index contributed by atoms with van der Waals surface area (Å²) in [5.41, 5.74) is -2.75. The molecule has 27 heavy (non-hydrogen) atoms. The molecule has 0 saturated carbocycles. The van der Waals surface area contributed by atoms with Crippen molar-refractivity contribution in [3.8, 4) is 5.75 Å². The average Bonchev–Trinajstić information content (AvgIpc) is 2.51. The molecule has 0 aliphatic carbocycles. The summed E-state index contributed by atoms with van der Waals surface area (Å²) in [6.45, 7) is 5.23. The van der Waals surface area contributed by atoms with Gasteiger partial charge in [-0.25, -0.2) is 4.79 Å². The van der Waals surface area contributed by atoms with Gasteiger partial charge in [-0.15, -0.1) is 0 Å². The molecular weight excluding hydrogens is 412 g/mol. The van der Waals surface area contributed by atoms with E-state index in [0.717, 1.165) is 0 Å². The number of carboxylic acids is 1. The summed E-state index contributed by atoms with van der Waals surface area (Å²) in [5.74, 6) is -2.80. The van der Waals surface area contributed by atoms with Crippen LogP contribution in [0.2, 0.25) is 0 Å². The number of halogens is 8. The van der Waals surface area contributed by atoms with Crippen molar-refractivity contribution in [1.82, 2.24) is 0 Å². The Bertz CT molecular complexity index is 781. The number of rotatable bonds is 3. The number of aryl methyl sites for hydroxylation is 1. The molecule has 1 atom stereocenters. The largest absolute Gasteiger partial charge is 0.478 e. The van der Waals surface area contributed by atoms with Crippen LogP contribution in [-0.2, 0) is 11.2 Å². The molecule has 0 bridgehead atoms. The normalized spacial score (nSPS) is 19.4.